The maximum absolute atomic E-state index is 13.6. The molecule has 3 aromatic heterocycles. The van der Waals surface area contributed by atoms with Crippen LogP contribution in [0.5, 0.6) is 0 Å². The molecule has 0 aliphatic heterocycles. The zero-order chi connectivity index (χ0) is 41.5. The summed E-state index contributed by atoms with van der Waals surface area (Å²) in [6, 6.07) is 42.3. The smallest absolute Gasteiger partial charge is 0.126 e. The van der Waals surface area contributed by atoms with E-state index in [2.05, 4.69) is 41.7 Å². The summed E-state index contributed by atoms with van der Waals surface area (Å²) in [4.78, 5) is 8.99. The van der Waals surface area contributed by atoms with E-state index in [1.807, 2.05) is 42.5 Å². The fourth-order valence-corrected chi connectivity index (χ4v) is 7.20. The van der Waals surface area contributed by atoms with E-state index in [0.29, 0.717) is 55.9 Å². The molecule has 261 valence electrons. The van der Waals surface area contributed by atoms with Crippen LogP contribution in [-0.4, -0.2) is 18.0 Å². The fraction of sp³-hybridized carbons (Fsp3) is 0.130. The number of furan rings is 1. The molecule has 0 N–H and O–H groups in total. The van der Waals surface area contributed by atoms with Crippen molar-refractivity contribution in [2.75, 3.05) is 0 Å². The van der Waals surface area contributed by atoms with Crippen molar-refractivity contribution in [2.45, 2.75) is 39.2 Å². The summed E-state index contributed by atoms with van der Waals surface area (Å²) in [6.45, 7) is 4.34. The van der Waals surface area contributed by atoms with E-state index in [9.17, 15) is 4.39 Å². The summed E-state index contributed by atoms with van der Waals surface area (Å²) in [6.07, 6.45) is 0.0145. The topological polar surface area (TPSA) is 38.9 Å². The van der Waals surface area contributed by atoms with Crippen molar-refractivity contribution in [3.8, 4) is 22.5 Å². The molecule has 3 heterocycles. The van der Waals surface area contributed by atoms with E-state index >= 15 is 0 Å². The number of fused-ring (bicyclic) bond motifs is 3. The van der Waals surface area contributed by atoms with Gasteiger partial charge < -0.3 is 14.4 Å². The van der Waals surface area contributed by atoms with Crippen molar-refractivity contribution in [2.24, 2.45) is 0 Å². The van der Waals surface area contributed by atoms with Crippen LogP contribution in [0.15, 0.2) is 144 Å². The summed E-state index contributed by atoms with van der Waals surface area (Å²) in [5, 5.41) is 2.62. The van der Waals surface area contributed by atoms with Gasteiger partial charge in [0.2, 0.25) is 0 Å². The second kappa shape index (κ2) is 16.1. The molecule has 3 nitrogen and oxygen atoms in total. The summed E-state index contributed by atoms with van der Waals surface area (Å²) in [7, 11) is -1.87. The quantitative estimate of drug-likeness (QED) is 0.118. The average Bonchev–Trinajstić information content (AvgIpc) is 3.59. The summed E-state index contributed by atoms with van der Waals surface area (Å²) < 4.78 is 77.0. The molecule has 0 saturated heterocycles. The Morgan fingerprint density at radius 1 is 0.750 bits per heavy atom. The first-order valence-electron chi connectivity index (χ1n) is 20.1. The standard InChI is InChI=1S/C24H15FNO.C22H24NSi.Ir/c25-18-9-10-19-20-7-4-8-21(24(20)27-23(19)15-18)22-14-17(11-12-26-22)13-16-5-2-1-3-6-16;1-17-10-12-19(13-11-17)21-15-20(14-18-8-6-5-7-9-18)22(16-23-21)24(2,3)4;/h1-7,9-12,14-15H,13H2;5-12,15-16H,14H2,1-4H3;/q2*-1;/i13D2;1D3,14D2;. The predicted octanol–water partition coefficient (Wildman–Crippen LogP) is 11.2. The number of rotatable bonds is 7. The van der Waals surface area contributed by atoms with Crippen LogP contribution < -0.4 is 5.19 Å². The van der Waals surface area contributed by atoms with E-state index < -0.39 is 27.7 Å². The number of benzene rings is 5. The summed E-state index contributed by atoms with van der Waals surface area (Å²) >= 11 is 0. The van der Waals surface area contributed by atoms with Gasteiger partial charge in [-0.1, -0.05) is 116 Å². The maximum Gasteiger partial charge on any atom is 0.126 e. The molecular formula is C46H39FIrN2OSi-2. The first kappa shape index (κ1) is 28.6. The molecule has 0 fully saturated rings. The van der Waals surface area contributed by atoms with E-state index in [0.717, 1.165) is 16.0 Å². The van der Waals surface area contributed by atoms with Crippen molar-refractivity contribution in [3.63, 3.8) is 0 Å². The van der Waals surface area contributed by atoms with Crippen LogP contribution >= 0.6 is 0 Å². The maximum atomic E-state index is 13.6. The van der Waals surface area contributed by atoms with Crippen LogP contribution in [0.25, 0.3) is 44.5 Å². The molecule has 0 unspecified atom stereocenters. The summed E-state index contributed by atoms with van der Waals surface area (Å²) in [5.74, 6) is -0.363. The number of aryl methyl sites for hydroxylation is 1. The monoisotopic (exact) mass is 882 g/mol. The van der Waals surface area contributed by atoms with Crippen LogP contribution in [0.2, 0.25) is 19.6 Å². The molecule has 0 amide bonds. The van der Waals surface area contributed by atoms with Crippen LogP contribution in [0, 0.1) is 24.8 Å². The van der Waals surface area contributed by atoms with Crippen LogP contribution in [0.3, 0.4) is 0 Å². The molecule has 6 heteroatoms. The minimum Gasteiger partial charge on any atom is -0.500 e. The van der Waals surface area contributed by atoms with Crippen molar-refractivity contribution < 1.29 is 38.5 Å². The Kier molecular flexibility index (Phi) is 8.86. The number of hydrogen-bond acceptors (Lipinski definition) is 3. The molecule has 0 aliphatic rings. The third-order valence-corrected chi connectivity index (χ3v) is 10.3. The van der Waals surface area contributed by atoms with Gasteiger partial charge >= 0.3 is 0 Å². The van der Waals surface area contributed by atoms with Gasteiger partial charge in [-0.3, -0.25) is 0 Å². The first-order valence-corrected chi connectivity index (χ1v) is 20.1. The molecule has 0 atom stereocenters. The molecule has 0 saturated carbocycles. The molecule has 52 heavy (non-hydrogen) atoms. The van der Waals surface area contributed by atoms with Gasteiger partial charge in [0.05, 0.1) is 13.7 Å². The van der Waals surface area contributed by atoms with Crippen molar-refractivity contribution >= 4 is 35.2 Å². The molecule has 8 rings (SSSR count). The van der Waals surface area contributed by atoms with Crippen LogP contribution in [-0.2, 0) is 32.9 Å². The summed E-state index contributed by atoms with van der Waals surface area (Å²) in [5.41, 5.74) is 5.88. The number of nitrogens with zero attached hydrogens (tertiary/aromatic N) is 2. The number of hydrogen-bond donors (Lipinski definition) is 0. The van der Waals surface area contributed by atoms with E-state index in [1.165, 1.54) is 18.2 Å². The Morgan fingerprint density at radius 2 is 1.50 bits per heavy atom. The van der Waals surface area contributed by atoms with Gasteiger partial charge in [-0.25, -0.2) is 4.39 Å². The third-order valence-electron chi connectivity index (χ3n) is 8.33. The number of pyridine rings is 2. The molecular weight excluding hydrogens is 836 g/mol. The molecule has 8 aromatic rings. The average molecular weight is 882 g/mol. The van der Waals surface area contributed by atoms with Gasteiger partial charge in [-0.2, -0.15) is 0 Å². The predicted molar refractivity (Wildman–Crippen MR) is 210 cm³/mol. The van der Waals surface area contributed by atoms with Gasteiger partial charge in [0.25, 0.3) is 0 Å². The van der Waals surface area contributed by atoms with E-state index in [4.69, 9.17) is 14.0 Å². The minimum atomic E-state index is -2.18. The molecule has 0 spiro atoms. The van der Waals surface area contributed by atoms with Gasteiger partial charge in [0.1, 0.15) is 11.4 Å². The zero-order valence-corrected chi connectivity index (χ0v) is 32.2. The normalized spacial score (nSPS) is 14.0. The van der Waals surface area contributed by atoms with E-state index in [-0.39, 0.29) is 31.5 Å². The zero-order valence-electron chi connectivity index (χ0n) is 35.8. The van der Waals surface area contributed by atoms with Crippen LogP contribution in [0.1, 0.15) is 37.4 Å². The van der Waals surface area contributed by atoms with Gasteiger partial charge in [0.15, 0.2) is 0 Å². The Labute approximate surface area is 329 Å². The van der Waals surface area contributed by atoms with Crippen LogP contribution in [0.4, 0.5) is 4.39 Å². The Hall–Kier alpha value is -5.00. The largest absolute Gasteiger partial charge is 0.500 e. The first-order chi connectivity index (χ1) is 27.4. The Morgan fingerprint density at radius 3 is 2.19 bits per heavy atom. The Balaban J connectivity index is 0.000000195. The van der Waals surface area contributed by atoms with Crippen molar-refractivity contribution in [1.29, 1.82) is 0 Å². The van der Waals surface area contributed by atoms with Crippen molar-refractivity contribution in [3.05, 3.63) is 186 Å². The molecule has 0 bridgehead atoms. The second-order valence-electron chi connectivity index (χ2n) is 13.1. The molecule has 5 aromatic carbocycles. The van der Waals surface area contributed by atoms with E-state index in [1.54, 1.807) is 79.1 Å². The minimum absolute atomic E-state index is 0. The third kappa shape index (κ3) is 8.54. The molecule has 1 radical (unpaired) electrons. The number of aromatic nitrogens is 2. The molecule has 0 aliphatic carbocycles. The SMILES string of the molecule is [2H]C([2H])([2H])c1c[c-]c(-c2cc(C([2H])([2H])c3ccccc3)c([Si](C)(C)C)cn2)cc1.[2H]C([2H])(c1ccccc1)c1ccnc(-c2[c-]ccc3c2oc2cc(F)ccc23)c1.[Ir]. The van der Waals surface area contributed by atoms with Gasteiger partial charge in [0, 0.05) is 53.5 Å². The van der Waals surface area contributed by atoms with Crippen molar-refractivity contribution in [1.82, 2.24) is 9.97 Å². The number of halogens is 1. The second-order valence-corrected chi connectivity index (χ2v) is 18.1. The van der Waals surface area contributed by atoms with Gasteiger partial charge in [-0.05, 0) is 64.2 Å². The van der Waals surface area contributed by atoms with Gasteiger partial charge in [-0.15, -0.1) is 53.6 Å². The fourth-order valence-electron chi connectivity index (χ4n) is 5.80. The Bertz CT molecular complexity index is 2720.